The maximum Gasteiger partial charge on any atom is 0.311 e. The number of fused-ring (bicyclic) bond motifs is 1. The van der Waals surface area contributed by atoms with Crippen molar-refractivity contribution in [2.75, 3.05) is 0 Å². The number of rotatable bonds is 8. The summed E-state index contributed by atoms with van der Waals surface area (Å²) in [6.07, 6.45) is 4.94. The number of hydrogen-bond acceptors (Lipinski definition) is 6. The maximum atomic E-state index is 13.3. The number of cyclic esters (lactones) is 1. The van der Waals surface area contributed by atoms with Crippen molar-refractivity contribution in [3.05, 3.63) is 35.9 Å². The quantitative estimate of drug-likeness (QED) is 0.439. The number of carbonyl (C=O) groups is 2. The van der Waals surface area contributed by atoms with Gasteiger partial charge in [0, 0.05) is 12.3 Å². The van der Waals surface area contributed by atoms with Crippen molar-refractivity contribution in [3.8, 4) is 0 Å². The second-order valence-corrected chi connectivity index (χ2v) is 12.6. The Hall–Kier alpha value is -1.92. The number of esters is 2. The van der Waals surface area contributed by atoms with Crippen LogP contribution in [0.1, 0.15) is 97.1 Å². The van der Waals surface area contributed by atoms with Gasteiger partial charge in [0.15, 0.2) is 0 Å². The third-order valence-corrected chi connectivity index (χ3v) is 9.67. The molecule has 1 aromatic carbocycles. The molecule has 3 aliphatic rings. The molecule has 0 aromatic heterocycles. The largest absolute Gasteiger partial charge is 0.462 e. The first-order chi connectivity index (χ1) is 17.6. The number of aliphatic hydroxyl groups is 2. The molecule has 1 unspecified atom stereocenters. The summed E-state index contributed by atoms with van der Waals surface area (Å²) in [5.74, 6) is 0.978. The van der Waals surface area contributed by atoms with Crippen molar-refractivity contribution < 1.29 is 29.3 Å². The van der Waals surface area contributed by atoms with Gasteiger partial charge in [0.1, 0.15) is 12.2 Å². The molecule has 3 fully saturated rings. The van der Waals surface area contributed by atoms with Crippen LogP contribution >= 0.6 is 0 Å². The molecule has 206 valence electrons. The Kier molecular flexibility index (Phi) is 9.00. The smallest absolute Gasteiger partial charge is 0.311 e. The van der Waals surface area contributed by atoms with Gasteiger partial charge < -0.3 is 19.7 Å². The van der Waals surface area contributed by atoms with Crippen molar-refractivity contribution in [2.24, 2.45) is 35.0 Å². The molecule has 37 heavy (non-hydrogen) atoms. The monoisotopic (exact) mass is 514 g/mol. The van der Waals surface area contributed by atoms with Gasteiger partial charge >= 0.3 is 11.9 Å². The fourth-order valence-electron chi connectivity index (χ4n) is 7.05. The molecular weight excluding hydrogens is 468 g/mol. The van der Waals surface area contributed by atoms with Crippen molar-refractivity contribution in [3.63, 3.8) is 0 Å². The molecule has 4 rings (SSSR count). The van der Waals surface area contributed by atoms with E-state index in [1.807, 2.05) is 51.1 Å². The van der Waals surface area contributed by atoms with Crippen LogP contribution in [0.25, 0.3) is 0 Å². The van der Waals surface area contributed by atoms with Crippen molar-refractivity contribution >= 4 is 11.9 Å². The van der Waals surface area contributed by atoms with E-state index >= 15 is 0 Å². The molecule has 2 N–H and O–H groups in total. The van der Waals surface area contributed by atoms with Crippen LogP contribution in [0.2, 0.25) is 0 Å². The van der Waals surface area contributed by atoms with Gasteiger partial charge in [-0.05, 0) is 81.6 Å². The Morgan fingerprint density at radius 1 is 1.14 bits per heavy atom. The lowest BCUT2D eigenvalue weighted by Crippen LogP contribution is -2.49. The predicted molar refractivity (Wildman–Crippen MR) is 141 cm³/mol. The van der Waals surface area contributed by atoms with E-state index in [0.717, 1.165) is 37.7 Å². The van der Waals surface area contributed by atoms with E-state index in [1.165, 1.54) is 0 Å². The van der Waals surface area contributed by atoms with Crippen molar-refractivity contribution in [1.82, 2.24) is 0 Å². The van der Waals surface area contributed by atoms with E-state index in [2.05, 4.69) is 6.92 Å². The van der Waals surface area contributed by atoms with Crippen LogP contribution in [-0.4, -0.2) is 40.5 Å². The Balaban J connectivity index is 1.55. The first-order valence-electron chi connectivity index (χ1n) is 14.4. The minimum atomic E-state index is -0.623. The molecule has 6 nitrogen and oxygen atoms in total. The molecule has 1 heterocycles. The van der Waals surface area contributed by atoms with Gasteiger partial charge in [0.05, 0.1) is 24.0 Å². The summed E-state index contributed by atoms with van der Waals surface area (Å²) in [5.41, 5.74) is 0.367. The topological polar surface area (TPSA) is 93.1 Å². The van der Waals surface area contributed by atoms with Crippen LogP contribution in [-0.2, 0) is 19.1 Å². The first kappa shape index (κ1) is 28.1. The highest BCUT2D eigenvalue weighted by Gasteiger charge is 2.49. The van der Waals surface area contributed by atoms with E-state index in [0.29, 0.717) is 37.0 Å². The predicted octanol–water partition coefficient (Wildman–Crippen LogP) is 5.60. The van der Waals surface area contributed by atoms with Crippen molar-refractivity contribution in [1.29, 1.82) is 0 Å². The Morgan fingerprint density at radius 2 is 1.86 bits per heavy atom. The average Bonchev–Trinajstić information content (AvgIpc) is 2.87. The van der Waals surface area contributed by atoms with Crippen LogP contribution in [0.4, 0.5) is 0 Å². The highest BCUT2D eigenvalue weighted by Crippen LogP contribution is 2.53. The summed E-state index contributed by atoms with van der Waals surface area (Å²) < 4.78 is 11.9. The number of benzene rings is 1. The zero-order valence-corrected chi connectivity index (χ0v) is 23.0. The van der Waals surface area contributed by atoms with Crippen LogP contribution < -0.4 is 0 Å². The zero-order valence-electron chi connectivity index (χ0n) is 23.0. The summed E-state index contributed by atoms with van der Waals surface area (Å²) in [6.45, 7) is 8.19. The van der Waals surface area contributed by atoms with Gasteiger partial charge in [-0.2, -0.15) is 0 Å². The maximum absolute atomic E-state index is 13.3. The van der Waals surface area contributed by atoms with Gasteiger partial charge in [-0.3, -0.25) is 9.59 Å². The lowest BCUT2D eigenvalue weighted by Gasteiger charge is -2.51. The molecule has 2 aliphatic carbocycles. The molecule has 9 atom stereocenters. The van der Waals surface area contributed by atoms with Crippen LogP contribution in [0.5, 0.6) is 0 Å². The molecule has 1 aliphatic heterocycles. The number of carbonyl (C=O) groups excluding carboxylic acids is 2. The molecule has 6 heteroatoms. The number of aliphatic hydroxyl groups excluding tert-OH is 2. The van der Waals surface area contributed by atoms with Gasteiger partial charge in [-0.15, -0.1) is 0 Å². The minimum absolute atomic E-state index is 0.0368. The second-order valence-electron chi connectivity index (χ2n) is 12.6. The molecule has 2 saturated carbocycles. The molecule has 1 saturated heterocycles. The average molecular weight is 515 g/mol. The fraction of sp³-hybridized carbons (Fsp3) is 0.742. The summed E-state index contributed by atoms with van der Waals surface area (Å²) >= 11 is 0. The van der Waals surface area contributed by atoms with Crippen LogP contribution in [0.15, 0.2) is 30.3 Å². The number of ether oxygens (including phenoxy) is 2. The third-order valence-electron chi connectivity index (χ3n) is 9.67. The van der Waals surface area contributed by atoms with Gasteiger partial charge in [0.2, 0.25) is 0 Å². The molecule has 0 amide bonds. The van der Waals surface area contributed by atoms with E-state index in [-0.39, 0.29) is 42.4 Å². The van der Waals surface area contributed by atoms with E-state index < -0.39 is 17.6 Å². The summed E-state index contributed by atoms with van der Waals surface area (Å²) in [5, 5.41) is 21.4. The number of hydrogen-bond donors (Lipinski definition) is 2. The molecule has 0 radical (unpaired) electrons. The van der Waals surface area contributed by atoms with E-state index in [1.54, 1.807) is 0 Å². The SMILES string of the molecule is CCC(C)(C)C(=O)O[C@H]1C[C@@H](C(O)c2ccccc2)C[C@@H]2CC[C@H](C)[C@H](CC[C@@H]3C[C@@H](O)CC(=O)O3)[C@H]21. The lowest BCUT2D eigenvalue weighted by molar-refractivity contribution is -0.177. The third kappa shape index (κ3) is 6.57. The minimum Gasteiger partial charge on any atom is -0.462 e. The molecule has 0 bridgehead atoms. The molecule has 0 spiro atoms. The summed E-state index contributed by atoms with van der Waals surface area (Å²) in [6, 6.07) is 9.82. The van der Waals surface area contributed by atoms with E-state index in [4.69, 9.17) is 9.47 Å². The van der Waals surface area contributed by atoms with Crippen LogP contribution in [0.3, 0.4) is 0 Å². The molecule has 1 aromatic rings. The lowest BCUT2D eigenvalue weighted by atomic mass is 9.57. The Bertz CT molecular complexity index is 914. The van der Waals surface area contributed by atoms with E-state index in [9.17, 15) is 19.8 Å². The van der Waals surface area contributed by atoms with Crippen molar-refractivity contribution in [2.45, 2.75) is 110 Å². The molecular formula is C31H46O6. The Morgan fingerprint density at radius 3 is 2.54 bits per heavy atom. The summed E-state index contributed by atoms with van der Waals surface area (Å²) in [4.78, 5) is 25.2. The normalized spacial score (nSPS) is 35.2. The standard InChI is InChI=1S/C31H46O6/c1-5-31(3,4)30(35)37-26-16-22(29(34)20-9-7-6-8-10-20)15-21-12-11-19(2)25(28(21)26)14-13-24-17-23(32)18-27(33)36-24/h6-10,19,21-26,28-29,32,34H,5,11-18H2,1-4H3/t19-,21-,22-,23+,24+,25-,26-,28-,29?/m0/s1. The Labute approximate surface area is 222 Å². The highest BCUT2D eigenvalue weighted by atomic mass is 16.6. The second kappa shape index (κ2) is 11.9. The highest BCUT2D eigenvalue weighted by molar-refractivity contribution is 5.76. The van der Waals surface area contributed by atoms with Gasteiger partial charge in [-0.1, -0.05) is 50.6 Å². The van der Waals surface area contributed by atoms with Gasteiger partial charge in [0.25, 0.3) is 0 Å². The summed E-state index contributed by atoms with van der Waals surface area (Å²) in [7, 11) is 0. The van der Waals surface area contributed by atoms with Crippen LogP contribution in [0, 0.1) is 35.0 Å². The fourth-order valence-corrected chi connectivity index (χ4v) is 7.05. The van der Waals surface area contributed by atoms with Gasteiger partial charge in [-0.25, -0.2) is 0 Å². The zero-order chi connectivity index (χ0) is 26.7. The first-order valence-corrected chi connectivity index (χ1v) is 14.4.